The van der Waals surface area contributed by atoms with Crippen LogP contribution in [-0.4, -0.2) is 74.9 Å². The van der Waals surface area contributed by atoms with E-state index in [1.807, 2.05) is 0 Å². The van der Waals surface area contributed by atoms with Gasteiger partial charge in [0.2, 0.25) is 5.91 Å². The molecule has 136 valence electrons. The van der Waals surface area contributed by atoms with Crippen molar-refractivity contribution in [2.45, 2.75) is 32.1 Å². The Bertz CT molecular complexity index is 432. The summed E-state index contributed by atoms with van der Waals surface area (Å²) in [6, 6.07) is 0. The molecule has 0 radical (unpaired) electrons. The molecule has 4 heterocycles. The number of carbonyl (C=O) groups excluding carboxylic acids is 1. The Morgan fingerprint density at radius 2 is 1.79 bits per heavy atom. The van der Waals surface area contributed by atoms with E-state index in [0.717, 1.165) is 52.0 Å². The normalized spacial score (nSPS) is 35.3. The number of amides is 1. The number of hydrogen-bond acceptors (Lipinski definition) is 4. The van der Waals surface area contributed by atoms with Crippen molar-refractivity contribution in [1.82, 2.24) is 9.80 Å². The van der Waals surface area contributed by atoms with Crippen LogP contribution in [0.2, 0.25) is 0 Å². The van der Waals surface area contributed by atoms with Crippen LogP contribution in [0.15, 0.2) is 0 Å². The average molecular weight is 336 g/mol. The highest BCUT2D eigenvalue weighted by molar-refractivity contribution is 5.76. The molecular weight excluding hydrogens is 304 g/mol. The molecule has 4 rings (SSSR count). The molecule has 3 atom stereocenters. The second kappa shape index (κ2) is 7.71. The molecule has 0 N–H and O–H groups in total. The number of fused-ring (bicyclic) bond motifs is 1. The van der Waals surface area contributed by atoms with Gasteiger partial charge in [0.25, 0.3) is 0 Å². The van der Waals surface area contributed by atoms with Crippen molar-refractivity contribution in [3.63, 3.8) is 0 Å². The molecule has 4 saturated heterocycles. The Hall–Kier alpha value is -0.650. The molecule has 0 aromatic heterocycles. The zero-order valence-electron chi connectivity index (χ0n) is 14.8. The maximum atomic E-state index is 12.5. The zero-order valence-corrected chi connectivity index (χ0v) is 14.8. The van der Waals surface area contributed by atoms with Crippen molar-refractivity contribution in [2.75, 3.05) is 59.2 Å². The summed E-state index contributed by atoms with van der Waals surface area (Å²) in [4.78, 5) is 17.3. The van der Waals surface area contributed by atoms with Gasteiger partial charge in [-0.05, 0) is 49.4 Å². The minimum Gasteiger partial charge on any atom is -0.381 e. The van der Waals surface area contributed by atoms with E-state index in [1.165, 1.54) is 38.8 Å². The first kappa shape index (κ1) is 16.8. The summed E-state index contributed by atoms with van der Waals surface area (Å²) in [7, 11) is 0. The summed E-state index contributed by atoms with van der Waals surface area (Å²) in [6.07, 6.45) is 5.47. The fourth-order valence-corrected chi connectivity index (χ4v) is 5.17. The maximum Gasteiger partial charge on any atom is 0.222 e. The number of hydrogen-bond donors (Lipinski definition) is 0. The van der Waals surface area contributed by atoms with Gasteiger partial charge in [0.1, 0.15) is 0 Å². The van der Waals surface area contributed by atoms with Gasteiger partial charge >= 0.3 is 0 Å². The lowest BCUT2D eigenvalue weighted by Crippen LogP contribution is -2.39. The molecule has 5 heteroatoms. The van der Waals surface area contributed by atoms with Crippen LogP contribution < -0.4 is 0 Å². The van der Waals surface area contributed by atoms with Crippen LogP contribution in [0, 0.1) is 23.7 Å². The van der Waals surface area contributed by atoms with Crippen LogP contribution in [0.25, 0.3) is 0 Å². The highest BCUT2D eigenvalue weighted by Gasteiger charge is 2.42. The number of rotatable bonds is 4. The molecule has 24 heavy (non-hydrogen) atoms. The molecule has 1 amide bonds. The lowest BCUT2D eigenvalue weighted by Gasteiger charge is -2.33. The highest BCUT2D eigenvalue weighted by Crippen LogP contribution is 2.37. The second-order valence-electron chi connectivity index (χ2n) is 8.29. The van der Waals surface area contributed by atoms with E-state index >= 15 is 0 Å². The van der Waals surface area contributed by atoms with Gasteiger partial charge in [-0.3, -0.25) is 4.79 Å². The molecule has 5 nitrogen and oxygen atoms in total. The number of ether oxygens (including phenoxy) is 2. The molecule has 0 unspecified atom stereocenters. The summed E-state index contributed by atoms with van der Waals surface area (Å²) in [6.45, 7) is 9.02. The summed E-state index contributed by atoms with van der Waals surface area (Å²) < 4.78 is 11.4. The zero-order chi connectivity index (χ0) is 16.4. The molecule has 4 aliphatic heterocycles. The Morgan fingerprint density at radius 3 is 2.58 bits per heavy atom. The third-order valence-corrected chi connectivity index (χ3v) is 6.59. The highest BCUT2D eigenvalue weighted by atomic mass is 16.5. The topological polar surface area (TPSA) is 42.0 Å². The lowest BCUT2D eigenvalue weighted by atomic mass is 9.81. The molecule has 0 saturated carbocycles. The van der Waals surface area contributed by atoms with Gasteiger partial charge in [0.05, 0.1) is 13.2 Å². The van der Waals surface area contributed by atoms with Gasteiger partial charge in [-0.2, -0.15) is 0 Å². The first-order chi connectivity index (χ1) is 11.8. The van der Waals surface area contributed by atoms with Crippen molar-refractivity contribution in [2.24, 2.45) is 23.7 Å². The third-order valence-electron chi connectivity index (χ3n) is 6.59. The van der Waals surface area contributed by atoms with Gasteiger partial charge in [0.15, 0.2) is 0 Å². The van der Waals surface area contributed by atoms with E-state index in [2.05, 4.69) is 9.80 Å². The first-order valence-electron chi connectivity index (χ1n) is 9.95. The summed E-state index contributed by atoms with van der Waals surface area (Å²) in [5.74, 6) is 2.88. The minimum atomic E-state index is 0.365. The molecule has 0 aliphatic carbocycles. The van der Waals surface area contributed by atoms with Crippen molar-refractivity contribution in [1.29, 1.82) is 0 Å². The van der Waals surface area contributed by atoms with E-state index in [9.17, 15) is 4.79 Å². The quantitative estimate of drug-likeness (QED) is 0.782. The standard InChI is InChI=1S/C19H32N2O3/c22-19(21-5-1-2-6-21)9-16-13-24-14-17-11-20(12-18(16)17)10-15-3-7-23-8-4-15/h15-18H,1-14H2/t16-,17-,18+/m1/s1. The van der Waals surface area contributed by atoms with Crippen LogP contribution in [0.4, 0.5) is 0 Å². The Morgan fingerprint density at radius 1 is 1.00 bits per heavy atom. The van der Waals surface area contributed by atoms with Gasteiger partial charge in [-0.15, -0.1) is 0 Å². The van der Waals surface area contributed by atoms with E-state index in [4.69, 9.17) is 9.47 Å². The van der Waals surface area contributed by atoms with Gasteiger partial charge in [-0.25, -0.2) is 0 Å². The van der Waals surface area contributed by atoms with Crippen LogP contribution in [0.1, 0.15) is 32.1 Å². The van der Waals surface area contributed by atoms with Gasteiger partial charge in [-0.1, -0.05) is 0 Å². The largest absolute Gasteiger partial charge is 0.381 e. The number of carbonyl (C=O) groups is 1. The average Bonchev–Trinajstić information content (AvgIpc) is 3.25. The van der Waals surface area contributed by atoms with Crippen LogP contribution >= 0.6 is 0 Å². The summed E-state index contributed by atoms with van der Waals surface area (Å²) in [5.41, 5.74) is 0. The predicted octanol–water partition coefficient (Wildman–Crippen LogP) is 1.62. The molecule has 4 fully saturated rings. The second-order valence-corrected chi connectivity index (χ2v) is 8.29. The lowest BCUT2D eigenvalue weighted by molar-refractivity contribution is -0.133. The maximum absolute atomic E-state index is 12.5. The number of likely N-dealkylation sites (tertiary alicyclic amines) is 2. The summed E-state index contributed by atoms with van der Waals surface area (Å²) >= 11 is 0. The van der Waals surface area contributed by atoms with E-state index in [-0.39, 0.29) is 0 Å². The monoisotopic (exact) mass is 336 g/mol. The Kier molecular flexibility index (Phi) is 5.40. The fraction of sp³-hybridized carbons (Fsp3) is 0.947. The Labute approximate surface area is 145 Å². The Balaban J connectivity index is 1.31. The van der Waals surface area contributed by atoms with E-state index in [0.29, 0.717) is 30.1 Å². The molecule has 4 aliphatic rings. The van der Waals surface area contributed by atoms with Crippen molar-refractivity contribution in [3.05, 3.63) is 0 Å². The SMILES string of the molecule is O=C(C[C@@H]1COC[C@H]2CN(CC3CCOCC3)C[C@@H]12)N1CCCC1. The number of nitrogens with zero attached hydrogens (tertiary/aromatic N) is 2. The van der Waals surface area contributed by atoms with Crippen molar-refractivity contribution in [3.8, 4) is 0 Å². The third kappa shape index (κ3) is 3.78. The van der Waals surface area contributed by atoms with E-state index < -0.39 is 0 Å². The molecule has 0 spiro atoms. The van der Waals surface area contributed by atoms with Gasteiger partial charge < -0.3 is 19.3 Å². The summed E-state index contributed by atoms with van der Waals surface area (Å²) in [5, 5.41) is 0. The van der Waals surface area contributed by atoms with Crippen molar-refractivity contribution < 1.29 is 14.3 Å². The first-order valence-corrected chi connectivity index (χ1v) is 9.95. The molecule has 0 aromatic carbocycles. The smallest absolute Gasteiger partial charge is 0.222 e. The molecule has 0 bridgehead atoms. The van der Waals surface area contributed by atoms with Crippen LogP contribution in [0.3, 0.4) is 0 Å². The fourth-order valence-electron chi connectivity index (χ4n) is 5.17. The minimum absolute atomic E-state index is 0.365. The molecule has 0 aromatic rings. The molecular formula is C19H32N2O3. The van der Waals surface area contributed by atoms with Gasteiger partial charge in [0, 0.05) is 52.4 Å². The van der Waals surface area contributed by atoms with E-state index in [1.54, 1.807) is 0 Å². The van der Waals surface area contributed by atoms with Crippen molar-refractivity contribution >= 4 is 5.91 Å². The predicted molar refractivity (Wildman–Crippen MR) is 91.7 cm³/mol. The van der Waals surface area contributed by atoms with Crippen LogP contribution in [-0.2, 0) is 14.3 Å². The van der Waals surface area contributed by atoms with Crippen LogP contribution in [0.5, 0.6) is 0 Å².